The summed E-state index contributed by atoms with van der Waals surface area (Å²) in [5.41, 5.74) is 0.812. The summed E-state index contributed by atoms with van der Waals surface area (Å²) in [6.45, 7) is 0.925. The smallest absolute Gasteiger partial charge is 0.269 e. The maximum Gasteiger partial charge on any atom is 0.269 e. The van der Waals surface area contributed by atoms with Gasteiger partial charge in [0.1, 0.15) is 5.75 Å². The number of rotatable bonds is 7. The monoisotopic (exact) mass is 413 g/mol. The number of carbonyl (C=O) groups is 1. The van der Waals surface area contributed by atoms with Crippen molar-refractivity contribution in [2.24, 2.45) is 0 Å². The topological polar surface area (TPSA) is 94.8 Å². The second-order valence-corrected chi connectivity index (χ2v) is 7.65. The summed E-state index contributed by atoms with van der Waals surface area (Å²) >= 11 is 1.45. The summed E-state index contributed by atoms with van der Waals surface area (Å²) < 4.78 is 12.3. The number of thiazole rings is 1. The number of nitro benzene ring substituents is 1. The minimum Gasteiger partial charge on any atom is -0.484 e. The third-order valence-corrected chi connectivity index (χ3v) is 5.69. The Labute approximate surface area is 170 Å². The summed E-state index contributed by atoms with van der Waals surface area (Å²) in [6, 6.07) is 13.4. The molecule has 1 saturated heterocycles. The van der Waals surface area contributed by atoms with E-state index >= 15 is 0 Å². The van der Waals surface area contributed by atoms with Gasteiger partial charge in [-0.05, 0) is 37.1 Å². The highest BCUT2D eigenvalue weighted by atomic mass is 32.1. The van der Waals surface area contributed by atoms with E-state index in [2.05, 4.69) is 4.98 Å². The van der Waals surface area contributed by atoms with Crippen LogP contribution in [0.5, 0.6) is 5.75 Å². The quantitative estimate of drug-likeness (QED) is 0.432. The zero-order valence-electron chi connectivity index (χ0n) is 15.5. The minimum atomic E-state index is -0.481. The highest BCUT2D eigenvalue weighted by Crippen LogP contribution is 2.30. The van der Waals surface area contributed by atoms with Crippen molar-refractivity contribution in [3.63, 3.8) is 0 Å². The van der Waals surface area contributed by atoms with Crippen molar-refractivity contribution in [3.05, 3.63) is 58.6 Å². The van der Waals surface area contributed by atoms with Crippen LogP contribution in [0.2, 0.25) is 0 Å². The number of anilines is 1. The summed E-state index contributed by atoms with van der Waals surface area (Å²) in [5.74, 6) is 0.156. The molecule has 9 heteroatoms. The molecule has 0 saturated carbocycles. The third-order valence-electron chi connectivity index (χ3n) is 4.63. The van der Waals surface area contributed by atoms with Gasteiger partial charge in [0.15, 0.2) is 11.7 Å². The number of hydrogen-bond acceptors (Lipinski definition) is 7. The van der Waals surface area contributed by atoms with Gasteiger partial charge in [0.2, 0.25) is 0 Å². The number of para-hydroxylation sites is 1. The van der Waals surface area contributed by atoms with Gasteiger partial charge < -0.3 is 9.47 Å². The van der Waals surface area contributed by atoms with Gasteiger partial charge in [-0.1, -0.05) is 23.5 Å². The number of hydrogen-bond donors (Lipinski definition) is 0. The number of nitrogens with zero attached hydrogens (tertiary/aromatic N) is 3. The average molecular weight is 413 g/mol. The van der Waals surface area contributed by atoms with Crippen LogP contribution in [0.4, 0.5) is 10.8 Å². The van der Waals surface area contributed by atoms with E-state index in [-0.39, 0.29) is 24.3 Å². The lowest BCUT2D eigenvalue weighted by Gasteiger charge is -2.23. The first-order valence-corrected chi connectivity index (χ1v) is 10.1. The van der Waals surface area contributed by atoms with E-state index in [0.717, 1.165) is 23.1 Å². The first kappa shape index (κ1) is 19.3. The highest BCUT2D eigenvalue weighted by Gasteiger charge is 2.26. The predicted molar refractivity (Wildman–Crippen MR) is 110 cm³/mol. The Morgan fingerprint density at radius 2 is 2.07 bits per heavy atom. The van der Waals surface area contributed by atoms with Crippen LogP contribution in [0, 0.1) is 10.1 Å². The molecule has 1 aliphatic rings. The molecule has 3 aromatic rings. The molecule has 0 bridgehead atoms. The molecule has 1 unspecified atom stereocenters. The standard InChI is InChI=1S/C20H19N3O5S/c24-19(13-28-15-9-7-14(8-10-15)23(25)26)22(12-16-4-3-11-27-16)20-21-17-5-1-2-6-18(17)29-20/h1-2,5-10,16H,3-4,11-13H2. The number of non-ortho nitro benzene ring substituents is 1. The van der Waals surface area contributed by atoms with E-state index in [4.69, 9.17) is 9.47 Å². The van der Waals surface area contributed by atoms with Gasteiger partial charge in [0.05, 0.1) is 27.8 Å². The van der Waals surface area contributed by atoms with Crippen LogP contribution in [-0.4, -0.2) is 41.7 Å². The fraction of sp³-hybridized carbons (Fsp3) is 0.300. The fourth-order valence-electron chi connectivity index (χ4n) is 3.14. The molecule has 0 radical (unpaired) electrons. The second kappa shape index (κ2) is 8.54. The van der Waals surface area contributed by atoms with Crippen LogP contribution in [0.3, 0.4) is 0 Å². The summed E-state index contributed by atoms with van der Waals surface area (Å²) in [5, 5.41) is 11.4. The van der Waals surface area contributed by atoms with Crippen molar-refractivity contribution in [1.82, 2.24) is 4.98 Å². The van der Waals surface area contributed by atoms with E-state index in [1.807, 2.05) is 24.3 Å². The molecular formula is C20H19N3O5S. The molecule has 0 spiro atoms. The van der Waals surface area contributed by atoms with Crippen molar-refractivity contribution < 1.29 is 19.2 Å². The lowest BCUT2D eigenvalue weighted by atomic mass is 10.2. The first-order valence-electron chi connectivity index (χ1n) is 9.25. The van der Waals surface area contributed by atoms with Crippen LogP contribution in [0.1, 0.15) is 12.8 Å². The Bertz CT molecular complexity index is 981. The molecule has 4 rings (SSSR count). The molecule has 8 nitrogen and oxygen atoms in total. The van der Waals surface area contributed by atoms with E-state index in [1.54, 1.807) is 4.90 Å². The summed E-state index contributed by atoms with van der Waals surface area (Å²) in [4.78, 5) is 29.4. The first-order chi connectivity index (χ1) is 14.1. The van der Waals surface area contributed by atoms with Crippen molar-refractivity contribution in [2.45, 2.75) is 18.9 Å². The number of aromatic nitrogens is 1. The van der Waals surface area contributed by atoms with Crippen LogP contribution in [-0.2, 0) is 9.53 Å². The molecule has 2 aromatic carbocycles. The maximum atomic E-state index is 13.0. The van der Waals surface area contributed by atoms with Crippen LogP contribution < -0.4 is 9.64 Å². The van der Waals surface area contributed by atoms with Gasteiger partial charge in [-0.15, -0.1) is 0 Å². The number of amides is 1. The summed E-state index contributed by atoms with van der Waals surface area (Å²) in [6.07, 6.45) is 1.86. The minimum absolute atomic E-state index is 0.0228. The third kappa shape index (κ3) is 4.52. The van der Waals surface area contributed by atoms with E-state index in [0.29, 0.717) is 24.0 Å². The molecular weight excluding hydrogens is 394 g/mol. The van der Waals surface area contributed by atoms with Gasteiger partial charge in [-0.25, -0.2) is 4.98 Å². The summed E-state index contributed by atoms with van der Waals surface area (Å²) in [7, 11) is 0. The van der Waals surface area contributed by atoms with Gasteiger partial charge in [-0.2, -0.15) is 0 Å². The number of fused-ring (bicyclic) bond motifs is 1. The zero-order valence-corrected chi connectivity index (χ0v) is 16.3. The molecule has 1 fully saturated rings. The lowest BCUT2D eigenvalue weighted by Crippen LogP contribution is -2.40. The highest BCUT2D eigenvalue weighted by molar-refractivity contribution is 7.22. The molecule has 2 heterocycles. The number of carbonyl (C=O) groups excluding carboxylic acids is 1. The van der Waals surface area contributed by atoms with E-state index in [9.17, 15) is 14.9 Å². The SMILES string of the molecule is O=C(COc1ccc([N+](=O)[O-])cc1)N(CC1CCCO1)c1nc2ccccc2s1. The van der Waals surface area contributed by atoms with Gasteiger partial charge >= 0.3 is 0 Å². The molecule has 1 aliphatic heterocycles. The Hall–Kier alpha value is -3.04. The van der Waals surface area contributed by atoms with Crippen molar-refractivity contribution >= 4 is 38.3 Å². The van der Waals surface area contributed by atoms with E-state index in [1.165, 1.54) is 35.6 Å². The largest absolute Gasteiger partial charge is 0.484 e. The van der Waals surface area contributed by atoms with Crippen LogP contribution in [0.15, 0.2) is 48.5 Å². The normalized spacial score (nSPS) is 16.1. The predicted octanol–water partition coefficient (Wildman–Crippen LogP) is 3.80. The molecule has 0 aliphatic carbocycles. The van der Waals surface area contributed by atoms with Gasteiger partial charge in [0, 0.05) is 18.7 Å². The molecule has 1 aromatic heterocycles. The molecule has 1 amide bonds. The molecule has 1 atom stereocenters. The average Bonchev–Trinajstić information content (AvgIpc) is 3.39. The van der Waals surface area contributed by atoms with Gasteiger partial charge in [0.25, 0.3) is 11.6 Å². The number of benzene rings is 2. The van der Waals surface area contributed by atoms with Gasteiger partial charge in [-0.3, -0.25) is 19.8 Å². The van der Waals surface area contributed by atoms with Crippen LogP contribution in [0.25, 0.3) is 10.2 Å². The van der Waals surface area contributed by atoms with Crippen molar-refractivity contribution in [3.8, 4) is 5.75 Å². The number of ether oxygens (including phenoxy) is 2. The number of nitro groups is 1. The Kier molecular flexibility index (Phi) is 5.68. The van der Waals surface area contributed by atoms with E-state index < -0.39 is 4.92 Å². The molecule has 29 heavy (non-hydrogen) atoms. The Morgan fingerprint density at radius 1 is 1.28 bits per heavy atom. The zero-order chi connectivity index (χ0) is 20.2. The second-order valence-electron chi connectivity index (χ2n) is 6.64. The fourth-order valence-corrected chi connectivity index (χ4v) is 4.13. The molecule has 150 valence electrons. The van der Waals surface area contributed by atoms with Crippen LogP contribution >= 0.6 is 11.3 Å². The lowest BCUT2D eigenvalue weighted by molar-refractivity contribution is -0.384. The maximum absolute atomic E-state index is 13.0. The van der Waals surface area contributed by atoms with Crippen molar-refractivity contribution in [1.29, 1.82) is 0 Å². The van der Waals surface area contributed by atoms with Crippen molar-refractivity contribution in [2.75, 3.05) is 24.7 Å². The molecule has 0 N–H and O–H groups in total. The Balaban J connectivity index is 1.50. The Morgan fingerprint density at radius 3 is 2.76 bits per heavy atom.